The molecule has 0 aliphatic heterocycles. The van der Waals surface area contributed by atoms with Crippen molar-refractivity contribution in [1.82, 2.24) is 4.31 Å². The third kappa shape index (κ3) is 2.81. The third-order valence-electron chi connectivity index (χ3n) is 3.43. The van der Waals surface area contributed by atoms with E-state index >= 15 is 0 Å². The Kier molecular flexibility index (Phi) is 4.21. The van der Waals surface area contributed by atoms with Crippen LogP contribution >= 0.6 is 31.9 Å². The molecule has 1 fully saturated rings. The quantitative estimate of drug-likeness (QED) is 0.779. The summed E-state index contributed by atoms with van der Waals surface area (Å²) in [5, 5.41) is 0. The van der Waals surface area contributed by atoms with Gasteiger partial charge in [0.1, 0.15) is 0 Å². The van der Waals surface area contributed by atoms with E-state index in [0.29, 0.717) is 15.3 Å². The highest BCUT2D eigenvalue weighted by Crippen LogP contribution is 2.37. The van der Waals surface area contributed by atoms with Crippen LogP contribution in [0.5, 0.6) is 0 Å². The zero-order valence-electron chi connectivity index (χ0n) is 10.2. The van der Waals surface area contributed by atoms with Gasteiger partial charge in [-0.1, -0.05) is 15.9 Å². The summed E-state index contributed by atoms with van der Waals surface area (Å²) in [7, 11) is -1.78. The molecule has 0 bridgehead atoms. The summed E-state index contributed by atoms with van der Waals surface area (Å²) in [4.78, 5) is 0.312. The zero-order chi connectivity index (χ0) is 13.5. The number of hydrogen-bond donors (Lipinski definition) is 0. The minimum atomic E-state index is -3.44. The van der Waals surface area contributed by atoms with E-state index in [-0.39, 0.29) is 6.04 Å². The molecule has 1 atom stereocenters. The molecule has 0 spiro atoms. The maximum absolute atomic E-state index is 12.6. The van der Waals surface area contributed by atoms with Gasteiger partial charge >= 0.3 is 0 Å². The maximum Gasteiger partial charge on any atom is 0.244 e. The van der Waals surface area contributed by atoms with Crippen molar-refractivity contribution >= 4 is 41.9 Å². The van der Waals surface area contributed by atoms with Crippen LogP contribution in [-0.2, 0) is 10.0 Å². The first-order valence-corrected chi connectivity index (χ1v) is 8.79. The molecule has 18 heavy (non-hydrogen) atoms. The third-order valence-corrected chi connectivity index (χ3v) is 6.86. The van der Waals surface area contributed by atoms with Crippen molar-refractivity contribution in [2.75, 3.05) is 7.05 Å². The Morgan fingerprint density at radius 3 is 2.50 bits per heavy atom. The van der Waals surface area contributed by atoms with Crippen LogP contribution in [0.2, 0.25) is 0 Å². The summed E-state index contributed by atoms with van der Waals surface area (Å²) < 4.78 is 27.9. The van der Waals surface area contributed by atoms with Crippen molar-refractivity contribution in [2.24, 2.45) is 5.92 Å². The van der Waals surface area contributed by atoms with Gasteiger partial charge in [0.15, 0.2) is 0 Å². The fourth-order valence-corrected chi connectivity index (χ4v) is 4.81. The Balaban J connectivity index is 2.37. The summed E-state index contributed by atoms with van der Waals surface area (Å²) in [6.07, 6.45) is 2.25. The molecule has 0 aromatic heterocycles. The number of benzene rings is 1. The number of rotatable bonds is 4. The van der Waals surface area contributed by atoms with Gasteiger partial charge in [-0.05, 0) is 59.8 Å². The molecular weight excluding hydrogens is 382 g/mol. The van der Waals surface area contributed by atoms with E-state index in [1.54, 1.807) is 19.2 Å². The molecule has 0 saturated heterocycles. The summed E-state index contributed by atoms with van der Waals surface area (Å²) in [5.41, 5.74) is 0. The molecule has 1 aliphatic carbocycles. The second kappa shape index (κ2) is 5.23. The van der Waals surface area contributed by atoms with E-state index < -0.39 is 10.0 Å². The topological polar surface area (TPSA) is 37.4 Å². The monoisotopic (exact) mass is 395 g/mol. The molecule has 0 amide bonds. The molecule has 6 heteroatoms. The molecule has 1 aliphatic rings. The van der Waals surface area contributed by atoms with Crippen molar-refractivity contribution in [3.8, 4) is 0 Å². The molecule has 1 aromatic rings. The van der Waals surface area contributed by atoms with Crippen LogP contribution in [0, 0.1) is 5.92 Å². The first-order valence-electron chi connectivity index (χ1n) is 5.77. The second-order valence-electron chi connectivity index (χ2n) is 4.67. The predicted octanol–water partition coefficient (Wildman–Crippen LogP) is 3.63. The molecular formula is C12H15Br2NO2S. The second-order valence-corrected chi connectivity index (χ2v) is 8.41. The number of sulfonamides is 1. The average molecular weight is 397 g/mol. The van der Waals surface area contributed by atoms with Gasteiger partial charge in [-0.25, -0.2) is 8.42 Å². The van der Waals surface area contributed by atoms with Crippen molar-refractivity contribution in [2.45, 2.75) is 30.7 Å². The normalized spacial score (nSPS) is 18.1. The molecule has 3 nitrogen and oxygen atoms in total. The molecule has 1 aromatic carbocycles. The summed E-state index contributed by atoms with van der Waals surface area (Å²) in [6, 6.07) is 5.25. The van der Waals surface area contributed by atoms with Crippen LogP contribution in [0.4, 0.5) is 0 Å². The molecule has 100 valence electrons. The number of nitrogens with zero attached hydrogens (tertiary/aromatic N) is 1. The van der Waals surface area contributed by atoms with E-state index in [1.165, 1.54) is 4.31 Å². The average Bonchev–Trinajstić information content (AvgIpc) is 3.14. The predicted molar refractivity (Wildman–Crippen MR) is 79.0 cm³/mol. The summed E-state index contributed by atoms with van der Waals surface area (Å²) in [6.45, 7) is 1.97. The zero-order valence-corrected chi connectivity index (χ0v) is 14.2. The van der Waals surface area contributed by atoms with Gasteiger partial charge in [0, 0.05) is 22.0 Å². The van der Waals surface area contributed by atoms with Gasteiger partial charge in [0.2, 0.25) is 10.0 Å². The van der Waals surface area contributed by atoms with E-state index in [1.807, 2.05) is 13.0 Å². The van der Waals surface area contributed by atoms with Crippen LogP contribution in [0.3, 0.4) is 0 Å². The van der Waals surface area contributed by atoms with Gasteiger partial charge in [0.05, 0.1) is 4.90 Å². The largest absolute Gasteiger partial charge is 0.244 e. The van der Waals surface area contributed by atoms with Crippen LogP contribution in [0.25, 0.3) is 0 Å². The SMILES string of the molecule is CC(C1CC1)N(C)S(=O)(=O)c1cc(Br)ccc1Br. The Morgan fingerprint density at radius 1 is 1.33 bits per heavy atom. The van der Waals surface area contributed by atoms with E-state index in [9.17, 15) is 8.42 Å². The van der Waals surface area contributed by atoms with Gasteiger partial charge in [0.25, 0.3) is 0 Å². The minimum Gasteiger partial charge on any atom is -0.207 e. The number of halogens is 2. The standard InChI is InChI=1S/C12H15Br2NO2S/c1-8(9-3-4-9)15(2)18(16,17)12-7-10(13)5-6-11(12)14/h5-9H,3-4H2,1-2H3. The summed E-state index contributed by atoms with van der Waals surface area (Å²) in [5.74, 6) is 0.510. The number of hydrogen-bond acceptors (Lipinski definition) is 2. The summed E-state index contributed by atoms with van der Waals surface area (Å²) >= 11 is 6.62. The van der Waals surface area contributed by atoms with Crippen molar-refractivity contribution in [3.63, 3.8) is 0 Å². The molecule has 2 rings (SSSR count). The van der Waals surface area contributed by atoms with Crippen LogP contribution < -0.4 is 0 Å². The lowest BCUT2D eigenvalue weighted by atomic mass is 10.2. The lowest BCUT2D eigenvalue weighted by Gasteiger charge is -2.24. The molecule has 0 N–H and O–H groups in total. The lowest BCUT2D eigenvalue weighted by molar-refractivity contribution is 0.357. The Bertz CT molecular complexity index is 555. The first kappa shape index (κ1) is 14.5. The maximum atomic E-state index is 12.6. The van der Waals surface area contributed by atoms with E-state index in [4.69, 9.17) is 0 Å². The highest BCUT2D eigenvalue weighted by molar-refractivity contribution is 9.11. The van der Waals surface area contributed by atoms with E-state index in [2.05, 4.69) is 31.9 Å². The van der Waals surface area contributed by atoms with Gasteiger partial charge in [-0.15, -0.1) is 0 Å². The highest BCUT2D eigenvalue weighted by Gasteiger charge is 2.36. The van der Waals surface area contributed by atoms with Crippen LogP contribution in [0.1, 0.15) is 19.8 Å². The molecule has 1 unspecified atom stereocenters. The fraction of sp³-hybridized carbons (Fsp3) is 0.500. The Hall–Kier alpha value is 0.0900. The first-order chi connectivity index (χ1) is 8.34. The molecule has 1 saturated carbocycles. The van der Waals surface area contributed by atoms with Crippen molar-refractivity contribution < 1.29 is 8.42 Å². The van der Waals surface area contributed by atoms with Crippen molar-refractivity contribution in [1.29, 1.82) is 0 Å². The molecule has 0 heterocycles. The smallest absolute Gasteiger partial charge is 0.207 e. The van der Waals surface area contributed by atoms with Gasteiger partial charge in [-0.2, -0.15) is 4.31 Å². The van der Waals surface area contributed by atoms with Crippen molar-refractivity contribution in [3.05, 3.63) is 27.1 Å². The minimum absolute atomic E-state index is 0.0564. The van der Waals surface area contributed by atoms with Gasteiger partial charge < -0.3 is 0 Å². The Morgan fingerprint density at radius 2 is 1.94 bits per heavy atom. The Labute approximate surface area is 125 Å². The highest BCUT2D eigenvalue weighted by atomic mass is 79.9. The lowest BCUT2D eigenvalue weighted by Crippen LogP contribution is -2.36. The fourth-order valence-electron chi connectivity index (χ4n) is 1.92. The van der Waals surface area contributed by atoms with Crippen LogP contribution in [0.15, 0.2) is 32.0 Å². The van der Waals surface area contributed by atoms with Gasteiger partial charge in [-0.3, -0.25) is 0 Å². The molecule has 0 radical (unpaired) electrons. The van der Waals surface area contributed by atoms with Crippen LogP contribution in [-0.4, -0.2) is 25.8 Å². The van der Waals surface area contributed by atoms with E-state index in [0.717, 1.165) is 17.3 Å².